The summed E-state index contributed by atoms with van der Waals surface area (Å²) in [6, 6.07) is 13.0. The van der Waals surface area contributed by atoms with E-state index in [2.05, 4.69) is 26.1 Å². The molecule has 0 heterocycles. The Morgan fingerprint density at radius 3 is 2.39 bits per heavy atom. The third kappa shape index (κ3) is 4.12. The van der Waals surface area contributed by atoms with Gasteiger partial charge in [0, 0.05) is 25.2 Å². The predicted molar refractivity (Wildman–Crippen MR) is 131 cm³/mol. The fraction of sp³-hybridized carbons (Fsp3) is 0.519. The quantitative estimate of drug-likeness (QED) is 0.644. The molecular weight excluding hydrogens is 432 g/mol. The number of benzene rings is 2. The largest absolute Gasteiger partial charge is 0.348 e. The first-order valence-corrected chi connectivity index (χ1v) is 13.2. The van der Waals surface area contributed by atoms with Crippen LogP contribution < -0.4 is 5.32 Å². The number of carbonyl (C=O) groups excluding carboxylic acids is 1. The molecule has 0 aromatic heterocycles. The molecule has 0 saturated heterocycles. The highest BCUT2D eigenvalue weighted by Crippen LogP contribution is 2.62. The van der Waals surface area contributed by atoms with Crippen LogP contribution in [0, 0.1) is 30.6 Å². The molecule has 33 heavy (non-hydrogen) atoms. The van der Waals surface area contributed by atoms with Gasteiger partial charge in [0.2, 0.25) is 10.0 Å². The second kappa shape index (κ2) is 8.24. The van der Waals surface area contributed by atoms with Gasteiger partial charge < -0.3 is 5.32 Å². The minimum Gasteiger partial charge on any atom is -0.348 e. The lowest BCUT2D eigenvalue weighted by Gasteiger charge is -2.43. The lowest BCUT2D eigenvalue weighted by atomic mass is 9.68. The summed E-state index contributed by atoms with van der Waals surface area (Å²) in [6.07, 6.45) is 3.49. The minimum absolute atomic E-state index is 0.0349. The van der Waals surface area contributed by atoms with Crippen LogP contribution in [0.15, 0.2) is 47.4 Å². The molecule has 1 amide bonds. The van der Waals surface area contributed by atoms with Gasteiger partial charge in [0.15, 0.2) is 0 Å². The predicted octanol–water partition coefficient (Wildman–Crippen LogP) is 5.07. The number of carbonyl (C=O) groups is 1. The molecule has 0 radical (unpaired) electrons. The van der Waals surface area contributed by atoms with E-state index >= 15 is 0 Å². The normalized spacial score (nSPS) is 26.0. The molecule has 2 aliphatic carbocycles. The zero-order valence-electron chi connectivity index (χ0n) is 20.6. The molecule has 2 aliphatic rings. The van der Waals surface area contributed by atoms with Crippen LogP contribution in [0.3, 0.4) is 0 Å². The molecule has 2 saturated carbocycles. The first kappa shape index (κ1) is 24.0. The molecule has 2 bridgehead atoms. The minimum atomic E-state index is -3.76. The van der Waals surface area contributed by atoms with E-state index in [-0.39, 0.29) is 34.2 Å². The van der Waals surface area contributed by atoms with E-state index in [1.807, 2.05) is 43.3 Å². The highest BCUT2D eigenvalue weighted by molar-refractivity contribution is 7.89. The van der Waals surface area contributed by atoms with Crippen molar-refractivity contribution in [2.75, 3.05) is 7.05 Å². The maximum absolute atomic E-state index is 13.5. The fourth-order valence-corrected chi connectivity index (χ4v) is 7.67. The van der Waals surface area contributed by atoms with Crippen molar-refractivity contribution in [3.8, 4) is 0 Å². The van der Waals surface area contributed by atoms with Crippen LogP contribution in [0.2, 0.25) is 0 Å². The summed E-state index contributed by atoms with van der Waals surface area (Å²) in [5.74, 6) is 0.433. The van der Waals surface area contributed by atoms with Crippen molar-refractivity contribution in [2.24, 2.45) is 16.7 Å². The summed E-state index contributed by atoms with van der Waals surface area (Å²) in [5, 5.41) is 3.30. The van der Waals surface area contributed by atoms with Crippen LogP contribution in [0.4, 0.5) is 0 Å². The molecule has 2 fully saturated rings. The molecule has 0 spiro atoms. The molecule has 6 heteroatoms. The summed E-state index contributed by atoms with van der Waals surface area (Å²) in [4.78, 5) is 13.6. The van der Waals surface area contributed by atoms with Crippen LogP contribution in [0.1, 0.15) is 67.1 Å². The number of amides is 1. The molecule has 5 nitrogen and oxygen atoms in total. The Morgan fingerprint density at radius 1 is 1.12 bits per heavy atom. The van der Waals surface area contributed by atoms with E-state index < -0.39 is 10.0 Å². The smallest absolute Gasteiger partial charge is 0.251 e. The van der Waals surface area contributed by atoms with E-state index in [9.17, 15) is 13.2 Å². The standard InChI is InChI=1S/C27H36N2O3S/c1-18-14-21(24(30)28-25-26(3,4)22-12-13-27(25,5)16-22)15-23(19(18)2)33(31,32)29(6)17-20-10-8-7-9-11-20/h7-11,14-15,22,25H,12-13,16-17H2,1-6H3,(H,28,30)/t22-,25?,27+/m1/s1. The van der Waals surface area contributed by atoms with Gasteiger partial charge in [0.05, 0.1) is 4.90 Å². The average Bonchev–Trinajstić information content (AvgIpc) is 3.24. The molecule has 0 aliphatic heterocycles. The van der Waals surface area contributed by atoms with Crippen LogP contribution in [0.25, 0.3) is 0 Å². The van der Waals surface area contributed by atoms with Crippen LogP contribution in [-0.4, -0.2) is 31.7 Å². The second-order valence-corrected chi connectivity index (χ2v) is 13.0. The summed E-state index contributed by atoms with van der Waals surface area (Å²) in [5.41, 5.74) is 2.94. The van der Waals surface area contributed by atoms with Gasteiger partial charge in [-0.1, -0.05) is 51.1 Å². The maximum atomic E-state index is 13.5. The van der Waals surface area contributed by atoms with Gasteiger partial charge in [-0.3, -0.25) is 4.79 Å². The Bertz CT molecular complexity index is 1170. The fourth-order valence-electron chi connectivity index (χ4n) is 6.20. The van der Waals surface area contributed by atoms with Gasteiger partial charge in [-0.15, -0.1) is 0 Å². The number of nitrogens with zero attached hydrogens (tertiary/aromatic N) is 1. The van der Waals surface area contributed by atoms with Crippen molar-refractivity contribution in [1.29, 1.82) is 0 Å². The van der Waals surface area contributed by atoms with E-state index in [4.69, 9.17) is 0 Å². The molecular formula is C27H36N2O3S. The molecule has 1 N–H and O–H groups in total. The lowest BCUT2D eigenvalue weighted by Crippen LogP contribution is -2.52. The summed E-state index contributed by atoms with van der Waals surface area (Å²) >= 11 is 0. The van der Waals surface area contributed by atoms with Crippen molar-refractivity contribution >= 4 is 15.9 Å². The van der Waals surface area contributed by atoms with Crippen LogP contribution >= 0.6 is 0 Å². The Morgan fingerprint density at radius 2 is 1.79 bits per heavy atom. The monoisotopic (exact) mass is 468 g/mol. The zero-order valence-corrected chi connectivity index (χ0v) is 21.4. The first-order valence-electron chi connectivity index (χ1n) is 11.8. The zero-order chi connectivity index (χ0) is 24.2. The number of rotatable bonds is 6. The van der Waals surface area contributed by atoms with Crippen LogP contribution in [0.5, 0.6) is 0 Å². The first-order chi connectivity index (χ1) is 15.4. The van der Waals surface area contributed by atoms with E-state index in [1.54, 1.807) is 20.0 Å². The molecule has 2 aromatic rings. The number of sulfonamides is 1. The third-order valence-corrected chi connectivity index (χ3v) is 10.3. The Labute approximate surface area is 198 Å². The van der Waals surface area contributed by atoms with Gasteiger partial charge >= 0.3 is 0 Å². The van der Waals surface area contributed by atoms with Gasteiger partial charge in [-0.2, -0.15) is 4.31 Å². The number of nitrogens with one attached hydrogen (secondary N) is 1. The van der Waals surface area contributed by atoms with Crippen LogP contribution in [-0.2, 0) is 16.6 Å². The Kier molecular flexibility index (Phi) is 5.98. The number of hydrogen-bond acceptors (Lipinski definition) is 3. The Balaban J connectivity index is 1.62. The number of hydrogen-bond donors (Lipinski definition) is 1. The van der Waals surface area contributed by atoms with Crippen molar-refractivity contribution < 1.29 is 13.2 Å². The number of aryl methyl sites for hydroxylation is 1. The molecule has 4 rings (SSSR count). The summed E-state index contributed by atoms with van der Waals surface area (Å²) < 4.78 is 28.3. The Hall–Kier alpha value is -2.18. The lowest BCUT2D eigenvalue weighted by molar-refractivity contribution is 0.0737. The van der Waals surface area contributed by atoms with Gasteiger partial charge in [0.1, 0.15) is 0 Å². The summed E-state index contributed by atoms with van der Waals surface area (Å²) in [6.45, 7) is 10.7. The van der Waals surface area contributed by atoms with Crippen molar-refractivity contribution in [2.45, 2.75) is 71.4 Å². The van der Waals surface area contributed by atoms with Crippen molar-refractivity contribution in [3.05, 3.63) is 64.7 Å². The van der Waals surface area contributed by atoms with E-state index in [0.717, 1.165) is 24.0 Å². The van der Waals surface area contributed by atoms with Crippen molar-refractivity contribution in [3.63, 3.8) is 0 Å². The molecule has 178 valence electrons. The average molecular weight is 469 g/mol. The SMILES string of the molecule is Cc1cc(C(=O)NC2C(C)(C)[C@@H]3CC[C@@]2(C)C3)cc(S(=O)(=O)N(C)Cc2ccccc2)c1C. The van der Waals surface area contributed by atoms with E-state index in [0.29, 0.717) is 17.0 Å². The van der Waals surface area contributed by atoms with Gasteiger partial charge in [0.25, 0.3) is 5.91 Å². The maximum Gasteiger partial charge on any atom is 0.251 e. The highest BCUT2D eigenvalue weighted by atomic mass is 32.2. The van der Waals surface area contributed by atoms with Gasteiger partial charge in [-0.25, -0.2) is 8.42 Å². The number of fused-ring (bicyclic) bond motifs is 2. The molecule has 1 unspecified atom stereocenters. The molecule has 2 aromatic carbocycles. The summed E-state index contributed by atoms with van der Waals surface area (Å²) in [7, 11) is -2.18. The highest BCUT2D eigenvalue weighted by Gasteiger charge is 2.59. The van der Waals surface area contributed by atoms with Crippen molar-refractivity contribution in [1.82, 2.24) is 9.62 Å². The third-order valence-electron chi connectivity index (χ3n) is 8.36. The van der Waals surface area contributed by atoms with E-state index in [1.165, 1.54) is 10.7 Å². The second-order valence-electron chi connectivity index (χ2n) is 11.0. The topological polar surface area (TPSA) is 66.5 Å². The van der Waals surface area contributed by atoms with Gasteiger partial charge in [-0.05, 0) is 78.7 Å². The molecule has 3 atom stereocenters.